The van der Waals surface area contributed by atoms with Crippen LogP contribution < -0.4 is 5.32 Å². The number of aromatic carboxylic acids is 1. The Balaban J connectivity index is 1.60. The Hall–Kier alpha value is -1.92. The van der Waals surface area contributed by atoms with Gasteiger partial charge in [0.2, 0.25) is 5.91 Å². The number of amides is 1. The van der Waals surface area contributed by atoms with Crippen molar-refractivity contribution in [3.8, 4) is 0 Å². The molecule has 6 heteroatoms. The van der Waals surface area contributed by atoms with Crippen molar-refractivity contribution < 1.29 is 24.2 Å². The van der Waals surface area contributed by atoms with Crippen LogP contribution in [0.15, 0.2) is 24.3 Å². The molecule has 0 spiro atoms. The van der Waals surface area contributed by atoms with Crippen molar-refractivity contribution in [1.29, 1.82) is 0 Å². The molecule has 23 heavy (non-hydrogen) atoms. The molecule has 0 aliphatic carbocycles. The van der Waals surface area contributed by atoms with Crippen LogP contribution in [-0.4, -0.2) is 49.5 Å². The molecule has 1 aromatic rings. The molecular formula is C17H23NO5. The van der Waals surface area contributed by atoms with E-state index in [4.69, 9.17) is 14.6 Å². The summed E-state index contributed by atoms with van der Waals surface area (Å²) >= 11 is 0. The zero-order chi connectivity index (χ0) is 16.5. The zero-order valence-corrected chi connectivity index (χ0v) is 13.1. The van der Waals surface area contributed by atoms with Gasteiger partial charge in [0.1, 0.15) is 0 Å². The molecule has 0 radical (unpaired) electrons. The number of benzene rings is 1. The fourth-order valence-corrected chi connectivity index (χ4v) is 2.48. The molecule has 1 fully saturated rings. The van der Waals surface area contributed by atoms with Gasteiger partial charge >= 0.3 is 5.97 Å². The SMILES string of the molecule is O=C(CCc1ccccc1C(=O)O)NCCCOC1CCOC1. The molecule has 1 saturated heterocycles. The Morgan fingerprint density at radius 2 is 2.17 bits per heavy atom. The molecule has 0 bridgehead atoms. The van der Waals surface area contributed by atoms with E-state index in [1.807, 2.05) is 0 Å². The quantitative estimate of drug-likeness (QED) is 0.675. The van der Waals surface area contributed by atoms with Crippen LogP contribution in [0.2, 0.25) is 0 Å². The van der Waals surface area contributed by atoms with Crippen molar-refractivity contribution in [2.24, 2.45) is 0 Å². The van der Waals surface area contributed by atoms with Gasteiger partial charge in [0.25, 0.3) is 0 Å². The highest BCUT2D eigenvalue weighted by Crippen LogP contribution is 2.11. The first-order valence-corrected chi connectivity index (χ1v) is 7.94. The molecule has 126 valence electrons. The molecular weight excluding hydrogens is 298 g/mol. The Labute approximate surface area is 135 Å². The molecule has 1 atom stereocenters. The second kappa shape index (κ2) is 9.27. The lowest BCUT2D eigenvalue weighted by Crippen LogP contribution is -2.26. The molecule has 2 N–H and O–H groups in total. The predicted octanol–water partition coefficient (Wildman–Crippen LogP) is 1.63. The van der Waals surface area contributed by atoms with Crippen LogP contribution in [0.25, 0.3) is 0 Å². The number of carbonyl (C=O) groups excluding carboxylic acids is 1. The second-order valence-electron chi connectivity index (χ2n) is 5.52. The highest BCUT2D eigenvalue weighted by atomic mass is 16.5. The lowest BCUT2D eigenvalue weighted by atomic mass is 10.0. The number of aryl methyl sites for hydroxylation is 1. The molecule has 1 amide bonds. The number of carboxylic acid groups (broad SMARTS) is 1. The van der Waals surface area contributed by atoms with Crippen molar-refractivity contribution in [2.45, 2.75) is 31.8 Å². The second-order valence-corrected chi connectivity index (χ2v) is 5.52. The van der Waals surface area contributed by atoms with Crippen LogP contribution in [0.4, 0.5) is 0 Å². The summed E-state index contributed by atoms with van der Waals surface area (Å²) in [7, 11) is 0. The third-order valence-electron chi connectivity index (χ3n) is 3.75. The van der Waals surface area contributed by atoms with E-state index in [2.05, 4.69) is 5.32 Å². The molecule has 0 aromatic heterocycles. The number of ether oxygens (including phenoxy) is 2. The summed E-state index contributed by atoms with van der Waals surface area (Å²) in [4.78, 5) is 22.9. The monoisotopic (exact) mass is 321 g/mol. The van der Waals surface area contributed by atoms with Gasteiger partial charge in [0.15, 0.2) is 0 Å². The summed E-state index contributed by atoms with van der Waals surface area (Å²) in [6.45, 7) is 2.59. The van der Waals surface area contributed by atoms with E-state index in [-0.39, 0.29) is 24.0 Å². The molecule has 1 aliphatic rings. The zero-order valence-electron chi connectivity index (χ0n) is 13.1. The normalized spacial score (nSPS) is 17.1. The molecule has 1 unspecified atom stereocenters. The number of hydrogen-bond donors (Lipinski definition) is 2. The molecule has 1 aromatic carbocycles. The number of carbonyl (C=O) groups is 2. The van der Waals surface area contributed by atoms with Gasteiger partial charge < -0.3 is 19.9 Å². The van der Waals surface area contributed by atoms with Crippen molar-refractivity contribution in [3.05, 3.63) is 35.4 Å². The fourth-order valence-electron chi connectivity index (χ4n) is 2.48. The van der Waals surface area contributed by atoms with E-state index in [9.17, 15) is 9.59 Å². The number of carboxylic acids is 1. The Morgan fingerprint density at radius 1 is 1.35 bits per heavy atom. The van der Waals surface area contributed by atoms with E-state index < -0.39 is 5.97 Å². The average molecular weight is 321 g/mol. The summed E-state index contributed by atoms with van der Waals surface area (Å²) in [5, 5.41) is 11.9. The smallest absolute Gasteiger partial charge is 0.335 e. The van der Waals surface area contributed by atoms with Crippen molar-refractivity contribution >= 4 is 11.9 Å². The van der Waals surface area contributed by atoms with Crippen molar-refractivity contribution in [3.63, 3.8) is 0 Å². The van der Waals surface area contributed by atoms with Gasteiger partial charge in [-0.15, -0.1) is 0 Å². The first-order valence-electron chi connectivity index (χ1n) is 7.94. The number of nitrogens with one attached hydrogen (secondary N) is 1. The lowest BCUT2D eigenvalue weighted by Gasteiger charge is -2.10. The first-order chi connectivity index (χ1) is 11.2. The lowest BCUT2D eigenvalue weighted by molar-refractivity contribution is -0.121. The standard InChI is InChI=1S/C17H23NO5/c19-16(18-9-3-10-23-14-8-11-22-12-14)7-6-13-4-1-2-5-15(13)17(20)21/h1-2,4-5,14H,3,6-12H2,(H,18,19)(H,20,21). The molecule has 0 saturated carbocycles. The predicted molar refractivity (Wildman–Crippen MR) is 84.5 cm³/mol. The van der Waals surface area contributed by atoms with E-state index in [0.29, 0.717) is 31.7 Å². The van der Waals surface area contributed by atoms with Gasteiger partial charge in [-0.05, 0) is 30.9 Å². The maximum Gasteiger partial charge on any atom is 0.335 e. The highest BCUT2D eigenvalue weighted by Gasteiger charge is 2.15. The van der Waals surface area contributed by atoms with Crippen LogP contribution in [-0.2, 0) is 20.7 Å². The van der Waals surface area contributed by atoms with Gasteiger partial charge in [0, 0.05) is 26.2 Å². The fraction of sp³-hybridized carbons (Fsp3) is 0.529. The molecule has 1 aliphatic heterocycles. The summed E-state index contributed by atoms with van der Waals surface area (Å²) in [5.41, 5.74) is 0.937. The molecule has 1 heterocycles. The Morgan fingerprint density at radius 3 is 2.91 bits per heavy atom. The number of rotatable bonds is 9. The van der Waals surface area contributed by atoms with Crippen molar-refractivity contribution in [1.82, 2.24) is 5.32 Å². The highest BCUT2D eigenvalue weighted by molar-refractivity contribution is 5.89. The van der Waals surface area contributed by atoms with Gasteiger partial charge in [-0.2, -0.15) is 0 Å². The minimum absolute atomic E-state index is 0.0746. The summed E-state index contributed by atoms with van der Waals surface area (Å²) < 4.78 is 10.8. The average Bonchev–Trinajstić information content (AvgIpc) is 3.06. The Kier molecular flexibility index (Phi) is 7.03. The summed E-state index contributed by atoms with van der Waals surface area (Å²) in [6.07, 6.45) is 2.59. The van der Waals surface area contributed by atoms with Gasteiger partial charge in [-0.3, -0.25) is 4.79 Å². The van der Waals surface area contributed by atoms with Crippen LogP contribution in [0, 0.1) is 0 Å². The molecule has 2 rings (SSSR count). The van der Waals surface area contributed by atoms with Gasteiger partial charge in [-0.25, -0.2) is 4.79 Å². The van der Waals surface area contributed by atoms with E-state index in [1.165, 1.54) is 0 Å². The van der Waals surface area contributed by atoms with Gasteiger partial charge in [0.05, 0.1) is 18.3 Å². The topological polar surface area (TPSA) is 84.9 Å². The maximum atomic E-state index is 11.8. The van der Waals surface area contributed by atoms with E-state index in [1.54, 1.807) is 24.3 Å². The minimum atomic E-state index is -0.964. The van der Waals surface area contributed by atoms with Crippen LogP contribution in [0.1, 0.15) is 35.2 Å². The Bertz CT molecular complexity index is 525. The summed E-state index contributed by atoms with van der Waals surface area (Å²) in [5.74, 6) is -1.04. The number of hydrogen-bond acceptors (Lipinski definition) is 4. The third kappa shape index (κ3) is 6.00. The van der Waals surface area contributed by atoms with E-state index >= 15 is 0 Å². The third-order valence-corrected chi connectivity index (χ3v) is 3.75. The first kappa shape index (κ1) is 17.4. The van der Waals surface area contributed by atoms with Crippen LogP contribution in [0.3, 0.4) is 0 Å². The minimum Gasteiger partial charge on any atom is -0.478 e. The van der Waals surface area contributed by atoms with Gasteiger partial charge in [-0.1, -0.05) is 18.2 Å². The van der Waals surface area contributed by atoms with Crippen LogP contribution >= 0.6 is 0 Å². The van der Waals surface area contributed by atoms with E-state index in [0.717, 1.165) is 19.4 Å². The van der Waals surface area contributed by atoms with Crippen molar-refractivity contribution in [2.75, 3.05) is 26.4 Å². The largest absolute Gasteiger partial charge is 0.478 e. The van der Waals surface area contributed by atoms with Crippen LogP contribution in [0.5, 0.6) is 0 Å². The maximum absolute atomic E-state index is 11.8. The summed E-state index contributed by atoms with van der Waals surface area (Å²) in [6, 6.07) is 6.76. The molecule has 6 nitrogen and oxygen atoms in total.